The van der Waals surface area contributed by atoms with Crippen molar-refractivity contribution in [2.45, 2.75) is 0 Å². The molecule has 0 fully saturated rings. The van der Waals surface area contributed by atoms with Crippen molar-refractivity contribution in [1.29, 1.82) is 0 Å². The molecule has 1 aromatic heterocycles. The maximum atomic E-state index is 4.90. The molecule has 144 valence electrons. The molecule has 1 nitrogen and oxygen atoms in total. The number of aromatic nitrogens is 1. The van der Waals surface area contributed by atoms with Gasteiger partial charge in [0.05, 0.1) is 0 Å². The SMILES string of the molecule is c1ccc2c(c1)[Se]c1ccc(-c3cc4ccccc4cn3)c3c1B2c1ccccc1[Se]3. The van der Waals surface area contributed by atoms with Crippen molar-refractivity contribution in [3.05, 3.63) is 97.2 Å². The molecule has 0 bridgehead atoms. The molecule has 0 N–H and O–H groups in total. The summed E-state index contributed by atoms with van der Waals surface area (Å²) in [6.45, 7) is 0.351. The molecule has 0 atom stereocenters. The van der Waals surface area contributed by atoms with Gasteiger partial charge in [-0.15, -0.1) is 0 Å². The van der Waals surface area contributed by atoms with Gasteiger partial charge in [-0.3, -0.25) is 0 Å². The Morgan fingerprint density at radius 2 is 1.29 bits per heavy atom. The topological polar surface area (TPSA) is 12.9 Å². The second kappa shape index (κ2) is 6.95. The molecule has 4 heteroatoms. The van der Waals surface area contributed by atoms with Crippen LogP contribution < -0.4 is 34.2 Å². The number of nitrogens with zero attached hydrogens (tertiary/aromatic N) is 1. The van der Waals surface area contributed by atoms with Gasteiger partial charge in [0.2, 0.25) is 0 Å². The fourth-order valence-electron chi connectivity index (χ4n) is 4.82. The van der Waals surface area contributed by atoms with Crippen LogP contribution in [0.15, 0.2) is 97.2 Å². The van der Waals surface area contributed by atoms with Crippen molar-refractivity contribution < 1.29 is 0 Å². The van der Waals surface area contributed by atoms with Crippen molar-refractivity contribution in [2.24, 2.45) is 0 Å². The molecule has 0 radical (unpaired) electrons. The second-order valence-corrected chi connectivity index (χ2v) is 12.5. The van der Waals surface area contributed by atoms with Gasteiger partial charge in [-0.2, -0.15) is 0 Å². The van der Waals surface area contributed by atoms with E-state index in [0.717, 1.165) is 5.69 Å². The first kappa shape index (κ1) is 18.0. The van der Waals surface area contributed by atoms with Gasteiger partial charge in [0.1, 0.15) is 0 Å². The fraction of sp³-hybridized carbons (Fsp3) is 0. The van der Waals surface area contributed by atoms with Gasteiger partial charge < -0.3 is 0 Å². The summed E-state index contributed by atoms with van der Waals surface area (Å²) >= 11 is 0.637. The predicted molar refractivity (Wildman–Crippen MR) is 135 cm³/mol. The van der Waals surface area contributed by atoms with E-state index in [1.807, 2.05) is 6.20 Å². The van der Waals surface area contributed by atoms with Crippen LogP contribution in [0.1, 0.15) is 0 Å². The van der Waals surface area contributed by atoms with Crippen molar-refractivity contribution in [3.8, 4) is 11.3 Å². The van der Waals surface area contributed by atoms with E-state index in [1.54, 1.807) is 9.92 Å². The Bertz CT molecular complexity index is 1500. The molecule has 2 aliphatic rings. The number of hydrogen-bond donors (Lipinski definition) is 0. The van der Waals surface area contributed by atoms with E-state index >= 15 is 0 Å². The molecule has 0 spiro atoms. The summed E-state index contributed by atoms with van der Waals surface area (Å²) in [4.78, 5) is 4.90. The molecule has 31 heavy (non-hydrogen) atoms. The van der Waals surface area contributed by atoms with Crippen molar-refractivity contribution >= 4 is 81.6 Å². The van der Waals surface area contributed by atoms with E-state index in [0.29, 0.717) is 21.7 Å². The third-order valence-corrected chi connectivity index (χ3v) is 11.3. The minimum absolute atomic E-state index is 0.281. The van der Waals surface area contributed by atoms with E-state index in [-0.39, 0.29) is 15.0 Å². The summed E-state index contributed by atoms with van der Waals surface area (Å²) in [5, 5.41) is 2.45. The minimum atomic E-state index is 0.281. The van der Waals surface area contributed by atoms with Crippen LogP contribution in [0, 0.1) is 0 Å². The van der Waals surface area contributed by atoms with Crippen LogP contribution >= 0.6 is 0 Å². The van der Waals surface area contributed by atoms with Crippen molar-refractivity contribution in [2.75, 3.05) is 0 Å². The monoisotopic (exact) mass is 525 g/mol. The first-order valence-electron chi connectivity index (χ1n) is 10.4. The quantitative estimate of drug-likeness (QED) is 0.284. The Balaban J connectivity index is 1.51. The van der Waals surface area contributed by atoms with E-state index in [4.69, 9.17) is 4.98 Å². The Labute approximate surface area is 194 Å². The molecule has 3 heterocycles. The summed E-state index contributed by atoms with van der Waals surface area (Å²) < 4.78 is 6.12. The summed E-state index contributed by atoms with van der Waals surface area (Å²) in [7, 11) is 0. The van der Waals surface area contributed by atoms with Crippen LogP contribution in [0.2, 0.25) is 0 Å². The number of rotatable bonds is 1. The number of fused-ring (bicyclic) bond motifs is 5. The van der Waals surface area contributed by atoms with Crippen molar-refractivity contribution in [3.63, 3.8) is 0 Å². The second-order valence-electron chi connectivity index (χ2n) is 7.98. The van der Waals surface area contributed by atoms with Crippen molar-refractivity contribution in [1.82, 2.24) is 4.98 Å². The third kappa shape index (κ3) is 2.73. The summed E-state index contributed by atoms with van der Waals surface area (Å²) in [5.74, 6) is 0. The molecule has 2 aliphatic heterocycles. The van der Waals surface area contributed by atoms with Gasteiger partial charge in [-0.25, -0.2) is 0 Å². The maximum absolute atomic E-state index is 4.90. The summed E-state index contributed by atoms with van der Waals surface area (Å²) in [6, 6.07) is 33.7. The van der Waals surface area contributed by atoms with E-state index in [2.05, 4.69) is 91.0 Å². The standard InChI is InChI=1S/C27H16BNSe2/c1-2-8-18-16-29-22(15-17(18)7-1)19-13-14-25-26-27(19)31-24-12-6-4-10-21(24)28(26)20-9-3-5-11-23(20)30-25/h1-16H. The van der Waals surface area contributed by atoms with Gasteiger partial charge in [-0.1, -0.05) is 0 Å². The van der Waals surface area contributed by atoms with Gasteiger partial charge >= 0.3 is 195 Å². The number of hydrogen-bond acceptors (Lipinski definition) is 1. The van der Waals surface area contributed by atoms with E-state index in [9.17, 15) is 0 Å². The normalized spacial score (nSPS) is 13.5. The molecule has 0 unspecified atom stereocenters. The number of benzene rings is 4. The Hall–Kier alpha value is -2.61. The van der Waals surface area contributed by atoms with Crippen LogP contribution in [-0.2, 0) is 0 Å². The zero-order valence-electron chi connectivity index (χ0n) is 16.6. The van der Waals surface area contributed by atoms with Gasteiger partial charge in [0.15, 0.2) is 0 Å². The fourth-order valence-corrected chi connectivity index (χ4v) is 10.3. The van der Waals surface area contributed by atoms with Gasteiger partial charge in [0, 0.05) is 0 Å². The first-order chi connectivity index (χ1) is 15.4. The molecular weight excluding hydrogens is 507 g/mol. The Morgan fingerprint density at radius 1 is 0.613 bits per heavy atom. The first-order valence-corrected chi connectivity index (χ1v) is 13.8. The van der Waals surface area contributed by atoms with Crippen LogP contribution in [0.5, 0.6) is 0 Å². The summed E-state index contributed by atoms with van der Waals surface area (Å²) in [5.41, 5.74) is 7.00. The molecule has 7 rings (SSSR count). The molecule has 0 amide bonds. The molecule has 0 aliphatic carbocycles. The molecule has 0 saturated heterocycles. The Kier molecular flexibility index (Phi) is 4.04. The number of pyridine rings is 1. The molecule has 0 saturated carbocycles. The zero-order chi connectivity index (χ0) is 20.4. The average molecular weight is 523 g/mol. The van der Waals surface area contributed by atoms with Crippen LogP contribution in [0.25, 0.3) is 22.0 Å². The van der Waals surface area contributed by atoms with E-state index < -0.39 is 0 Å². The zero-order valence-corrected chi connectivity index (χ0v) is 20.0. The third-order valence-electron chi connectivity index (χ3n) is 6.24. The Morgan fingerprint density at radius 3 is 2.10 bits per heavy atom. The van der Waals surface area contributed by atoms with Gasteiger partial charge in [0.25, 0.3) is 0 Å². The van der Waals surface area contributed by atoms with Crippen LogP contribution in [0.3, 0.4) is 0 Å². The molecule has 4 aromatic carbocycles. The average Bonchev–Trinajstić information content (AvgIpc) is 2.83. The molecular formula is C27H16BNSe2. The van der Waals surface area contributed by atoms with Gasteiger partial charge in [-0.05, 0) is 0 Å². The van der Waals surface area contributed by atoms with E-state index in [1.165, 1.54) is 40.6 Å². The summed E-state index contributed by atoms with van der Waals surface area (Å²) in [6.07, 6.45) is 2.03. The van der Waals surface area contributed by atoms with Crippen LogP contribution in [-0.4, -0.2) is 41.6 Å². The van der Waals surface area contributed by atoms with Crippen LogP contribution in [0.4, 0.5) is 0 Å². The predicted octanol–water partition coefficient (Wildman–Crippen LogP) is 0.355. The molecule has 5 aromatic rings.